The van der Waals surface area contributed by atoms with Gasteiger partial charge in [-0.15, -0.1) is 0 Å². The molecule has 122 valence electrons. The molecule has 0 unspecified atom stereocenters. The number of rotatable bonds is 5. The van der Waals surface area contributed by atoms with Crippen LogP contribution in [0, 0.1) is 0 Å². The van der Waals surface area contributed by atoms with E-state index in [9.17, 15) is 9.59 Å². The number of carbonyl (C=O) groups is 1. The van der Waals surface area contributed by atoms with E-state index in [1.165, 1.54) is 5.56 Å². The first-order chi connectivity index (χ1) is 10.1. The molecule has 0 radical (unpaired) electrons. The number of benzene rings is 1. The van der Waals surface area contributed by atoms with Gasteiger partial charge in [-0.05, 0) is 55.1 Å². The van der Waals surface area contributed by atoms with Gasteiger partial charge in [0, 0.05) is 23.7 Å². The SMILES string of the molecule is CC(C)(CCCN1C(=O)CCc2ccc(Cl)cc21)[Si](C)(C)O. The van der Waals surface area contributed by atoms with Gasteiger partial charge in [0.2, 0.25) is 5.91 Å². The number of anilines is 1. The molecule has 1 amide bonds. The number of aryl methyl sites for hydroxylation is 1. The van der Waals surface area contributed by atoms with Crippen molar-refractivity contribution < 1.29 is 9.59 Å². The van der Waals surface area contributed by atoms with Gasteiger partial charge in [0.05, 0.1) is 0 Å². The minimum Gasteiger partial charge on any atom is -0.432 e. The summed E-state index contributed by atoms with van der Waals surface area (Å²) in [7, 11) is -2.19. The number of amides is 1. The highest BCUT2D eigenvalue weighted by molar-refractivity contribution is 6.72. The van der Waals surface area contributed by atoms with Crippen LogP contribution in [0.5, 0.6) is 0 Å². The molecule has 2 rings (SSSR count). The molecule has 1 aromatic rings. The van der Waals surface area contributed by atoms with E-state index in [1.54, 1.807) is 0 Å². The summed E-state index contributed by atoms with van der Waals surface area (Å²) in [5, 5.41) is 0.617. The first-order valence-corrected chi connectivity index (χ1v) is 11.3. The highest BCUT2D eigenvalue weighted by Gasteiger charge is 2.37. The quantitative estimate of drug-likeness (QED) is 0.809. The molecule has 1 aliphatic rings. The molecule has 1 N–H and O–H groups in total. The Kier molecular flexibility index (Phi) is 5.05. The summed E-state index contributed by atoms with van der Waals surface area (Å²) >= 11 is 6.09. The minimum atomic E-state index is -2.19. The fourth-order valence-electron chi connectivity index (χ4n) is 2.74. The third-order valence-electron chi connectivity index (χ3n) is 5.09. The van der Waals surface area contributed by atoms with E-state index in [-0.39, 0.29) is 10.9 Å². The summed E-state index contributed by atoms with van der Waals surface area (Å²) in [5.74, 6) is 0.174. The first kappa shape index (κ1) is 17.5. The second kappa shape index (κ2) is 6.34. The normalized spacial score (nSPS) is 15.9. The molecule has 0 atom stereocenters. The monoisotopic (exact) mass is 339 g/mol. The topological polar surface area (TPSA) is 40.5 Å². The third kappa shape index (κ3) is 3.73. The Morgan fingerprint density at radius 2 is 2.00 bits per heavy atom. The van der Waals surface area contributed by atoms with Crippen molar-refractivity contribution in [1.82, 2.24) is 0 Å². The molecule has 1 aliphatic heterocycles. The third-order valence-corrected chi connectivity index (χ3v) is 8.88. The van der Waals surface area contributed by atoms with Crippen molar-refractivity contribution in [2.45, 2.75) is 57.7 Å². The molecule has 1 heterocycles. The molecule has 22 heavy (non-hydrogen) atoms. The van der Waals surface area contributed by atoms with Gasteiger partial charge in [0.25, 0.3) is 0 Å². The second-order valence-electron chi connectivity index (χ2n) is 7.36. The van der Waals surface area contributed by atoms with Crippen molar-refractivity contribution in [3.63, 3.8) is 0 Å². The van der Waals surface area contributed by atoms with Crippen molar-refractivity contribution in [2.75, 3.05) is 11.4 Å². The summed E-state index contributed by atoms with van der Waals surface area (Å²) in [6.07, 6.45) is 3.17. The molecule has 1 aromatic carbocycles. The lowest BCUT2D eigenvalue weighted by Gasteiger charge is -2.36. The van der Waals surface area contributed by atoms with E-state index in [1.807, 2.05) is 36.2 Å². The van der Waals surface area contributed by atoms with E-state index in [0.29, 0.717) is 18.0 Å². The van der Waals surface area contributed by atoms with Gasteiger partial charge < -0.3 is 9.70 Å². The zero-order valence-electron chi connectivity index (χ0n) is 13.9. The van der Waals surface area contributed by atoms with Crippen LogP contribution in [0.3, 0.4) is 0 Å². The molecule has 0 aliphatic carbocycles. The van der Waals surface area contributed by atoms with Crippen molar-refractivity contribution >= 4 is 31.5 Å². The van der Waals surface area contributed by atoms with E-state index < -0.39 is 8.32 Å². The molecule has 0 bridgehead atoms. The van der Waals surface area contributed by atoms with Crippen LogP contribution >= 0.6 is 11.6 Å². The zero-order valence-corrected chi connectivity index (χ0v) is 15.7. The maximum absolute atomic E-state index is 12.3. The number of nitrogens with zero attached hydrogens (tertiary/aromatic N) is 1. The smallest absolute Gasteiger partial charge is 0.227 e. The van der Waals surface area contributed by atoms with Crippen LogP contribution in [-0.2, 0) is 11.2 Å². The summed E-state index contributed by atoms with van der Waals surface area (Å²) in [4.78, 5) is 24.5. The second-order valence-corrected chi connectivity index (χ2v) is 12.3. The lowest BCUT2D eigenvalue weighted by Crippen LogP contribution is -2.40. The predicted octanol–water partition coefficient (Wildman–Crippen LogP) is 4.38. The van der Waals surface area contributed by atoms with E-state index in [4.69, 9.17) is 11.6 Å². The molecule has 0 fully saturated rings. The molecule has 0 spiro atoms. The van der Waals surface area contributed by atoms with Gasteiger partial charge in [-0.2, -0.15) is 0 Å². The first-order valence-electron chi connectivity index (χ1n) is 7.93. The maximum Gasteiger partial charge on any atom is 0.227 e. The van der Waals surface area contributed by atoms with Crippen molar-refractivity contribution in [3.05, 3.63) is 28.8 Å². The maximum atomic E-state index is 12.3. The van der Waals surface area contributed by atoms with Crippen molar-refractivity contribution in [3.8, 4) is 0 Å². The van der Waals surface area contributed by atoms with Gasteiger partial charge in [-0.3, -0.25) is 4.79 Å². The average molecular weight is 340 g/mol. The van der Waals surface area contributed by atoms with Crippen LogP contribution in [0.1, 0.15) is 38.7 Å². The number of fused-ring (bicyclic) bond motifs is 1. The Morgan fingerprint density at radius 1 is 1.32 bits per heavy atom. The van der Waals surface area contributed by atoms with Gasteiger partial charge >= 0.3 is 0 Å². The molecular weight excluding hydrogens is 314 g/mol. The Hall–Kier alpha value is -0.843. The number of hydrogen-bond acceptors (Lipinski definition) is 2. The lowest BCUT2D eigenvalue weighted by molar-refractivity contribution is -0.118. The zero-order chi connectivity index (χ0) is 16.5. The van der Waals surface area contributed by atoms with E-state index >= 15 is 0 Å². The Balaban J connectivity index is 2.08. The van der Waals surface area contributed by atoms with Crippen molar-refractivity contribution in [2.24, 2.45) is 0 Å². The van der Waals surface area contributed by atoms with Crippen LogP contribution in [-0.4, -0.2) is 25.6 Å². The molecular formula is C17H26ClNO2Si. The largest absolute Gasteiger partial charge is 0.432 e. The van der Waals surface area contributed by atoms with Crippen molar-refractivity contribution in [1.29, 1.82) is 0 Å². The standard InChI is InChI=1S/C17H26ClNO2Si/c1-17(2,22(3,4)21)10-5-11-19-15-12-14(18)8-6-13(15)7-9-16(19)20/h6,8,12,21H,5,7,9-11H2,1-4H3. The summed E-state index contributed by atoms with van der Waals surface area (Å²) in [6, 6.07) is 5.80. The van der Waals surface area contributed by atoms with Crippen LogP contribution < -0.4 is 4.90 Å². The van der Waals surface area contributed by atoms with Crippen LogP contribution in [0.25, 0.3) is 0 Å². The van der Waals surface area contributed by atoms with Crippen LogP contribution in [0.15, 0.2) is 18.2 Å². The molecule has 5 heteroatoms. The lowest BCUT2D eigenvalue weighted by atomic mass is 10.00. The highest BCUT2D eigenvalue weighted by Crippen LogP contribution is 2.40. The van der Waals surface area contributed by atoms with Crippen LogP contribution in [0.4, 0.5) is 5.69 Å². The predicted molar refractivity (Wildman–Crippen MR) is 95.1 cm³/mol. The van der Waals surface area contributed by atoms with Gasteiger partial charge in [-0.1, -0.05) is 31.5 Å². The number of halogens is 1. The Morgan fingerprint density at radius 3 is 2.64 bits per heavy atom. The van der Waals surface area contributed by atoms with Gasteiger partial charge in [0.1, 0.15) is 0 Å². The molecule has 0 saturated carbocycles. The van der Waals surface area contributed by atoms with Gasteiger partial charge in [-0.25, -0.2) is 0 Å². The fraction of sp³-hybridized carbons (Fsp3) is 0.588. The Labute approximate surface area is 139 Å². The van der Waals surface area contributed by atoms with E-state index in [2.05, 4.69) is 13.8 Å². The average Bonchev–Trinajstić information content (AvgIpc) is 2.40. The summed E-state index contributed by atoms with van der Waals surface area (Å²) in [5.41, 5.74) is 2.15. The minimum absolute atomic E-state index is 0.0526. The number of carbonyl (C=O) groups excluding carboxylic acids is 1. The van der Waals surface area contributed by atoms with Crippen LogP contribution in [0.2, 0.25) is 23.2 Å². The van der Waals surface area contributed by atoms with E-state index in [0.717, 1.165) is 24.9 Å². The Bertz CT molecular complexity index is 566. The fourth-order valence-corrected chi connectivity index (χ4v) is 3.70. The van der Waals surface area contributed by atoms with Gasteiger partial charge in [0.15, 0.2) is 8.32 Å². The summed E-state index contributed by atoms with van der Waals surface area (Å²) < 4.78 is 0. The molecule has 3 nitrogen and oxygen atoms in total. The highest BCUT2D eigenvalue weighted by atomic mass is 35.5. The summed E-state index contributed by atoms with van der Waals surface area (Å²) in [6.45, 7) is 8.91. The number of hydrogen-bond donors (Lipinski definition) is 1. The molecule has 0 saturated heterocycles. The molecule has 0 aromatic heterocycles.